The summed E-state index contributed by atoms with van der Waals surface area (Å²) in [6.45, 7) is 6.34. The van der Waals surface area contributed by atoms with Crippen molar-refractivity contribution in [1.29, 1.82) is 0 Å². The maximum atomic E-state index is 12.9. The topological polar surface area (TPSA) is 78.9 Å². The smallest absolute Gasteiger partial charge is 0.306 e. The van der Waals surface area contributed by atoms with E-state index < -0.39 is 6.10 Å². The molecule has 0 aliphatic heterocycles. The van der Waals surface area contributed by atoms with E-state index in [1.807, 2.05) is 0 Å². The minimum absolute atomic E-state index is 0.111. The Labute approximate surface area is 480 Å². The van der Waals surface area contributed by atoms with E-state index in [4.69, 9.17) is 14.2 Å². The Hall–Kier alpha value is -4.71. The van der Waals surface area contributed by atoms with Crippen LogP contribution in [0.1, 0.15) is 271 Å². The summed E-state index contributed by atoms with van der Waals surface area (Å²) in [5, 5.41) is 0. The fourth-order valence-electron chi connectivity index (χ4n) is 8.36. The predicted molar refractivity (Wildman–Crippen MR) is 339 cm³/mol. The third-order valence-electron chi connectivity index (χ3n) is 13.1. The van der Waals surface area contributed by atoms with Gasteiger partial charge < -0.3 is 14.2 Å². The summed E-state index contributed by atoms with van der Waals surface area (Å²) in [5.41, 5.74) is 0. The van der Waals surface area contributed by atoms with Gasteiger partial charge in [0.2, 0.25) is 0 Å². The Morgan fingerprint density at radius 3 is 0.821 bits per heavy atom. The van der Waals surface area contributed by atoms with Crippen LogP contribution >= 0.6 is 0 Å². The minimum Gasteiger partial charge on any atom is -0.462 e. The molecule has 0 rings (SSSR count). The Morgan fingerprint density at radius 1 is 0.269 bits per heavy atom. The average Bonchev–Trinajstić information content (AvgIpc) is 3.44. The summed E-state index contributed by atoms with van der Waals surface area (Å²) in [7, 11) is 0. The zero-order valence-corrected chi connectivity index (χ0v) is 50.4. The second-order valence-electron chi connectivity index (χ2n) is 20.5. The van der Waals surface area contributed by atoms with Crippen LogP contribution in [0.3, 0.4) is 0 Å². The van der Waals surface area contributed by atoms with E-state index in [2.05, 4.69) is 167 Å². The lowest BCUT2D eigenvalue weighted by Gasteiger charge is -2.18. The van der Waals surface area contributed by atoms with Gasteiger partial charge >= 0.3 is 17.9 Å². The van der Waals surface area contributed by atoms with Gasteiger partial charge in [-0.2, -0.15) is 0 Å². The molecule has 0 aromatic heterocycles. The first-order valence-electron chi connectivity index (χ1n) is 31.8. The van der Waals surface area contributed by atoms with Gasteiger partial charge in [0.1, 0.15) is 13.2 Å². The molecule has 78 heavy (non-hydrogen) atoms. The number of hydrogen-bond acceptors (Lipinski definition) is 6. The standard InChI is InChI=1S/C72H116O6/c1-4-7-10-13-16-19-22-25-28-31-32-33-34-35-36-37-38-39-40-42-44-47-50-53-56-59-62-65-71(74)77-68-69(67-76-70(73)64-61-58-55-52-49-46-43-30-27-24-21-18-15-12-9-6-3)78-72(75)66-63-60-57-54-51-48-45-41-29-26-23-20-17-14-11-8-5-2/h7-8,10-11,16-17,19-21,24-26,28-30,32-33,35-36,43,45,48,54,57,69H,4-6,9,12-15,18,22-23,27,31,34,37-42,44,46-47,49-53,55-56,58-68H2,1-3H3/b10-7-,11-8-,19-16-,20-17-,24-21-,28-25-,29-26-,33-32-,36-35-,43-30-,48-45-,57-54-. The SMILES string of the molecule is CC/C=C\C/C=C\C/C=C\C/C=C\C/C=C\CCCCCCCCCCCCCC(=O)OCC(COC(=O)CCCCCCC/C=C\C/C=C\CCCCCC)OC(=O)CCC/C=C\C/C=C\C/C=C\C/C=C\C/C=C\CC. The molecule has 0 aliphatic carbocycles. The Bertz CT molecular complexity index is 1710. The monoisotopic (exact) mass is 1080 g/mol. The summed E-state index contributed by atoms with van der Waals surface area (Å²) in [6.07, 6.45) is 92.8. The van der Waals surface area contributed by atoms with Crippen molar-refractivity contribution in [1.82, 2.24) is 0 Å². The van der Waals surface area contributed by atoms with Gasteiger partial charge in [-0.25, -0.2) is 0 Å². The van der Waals surface area contributed by atoms with E-state index in [0.29, 0.717) is 19.3 Å². The maximum absolute atomic E-state index is 12.9. The second kappa shape index (κ2) is 64.8. The lowest BCUT2D eigenvalue weighted by molar-refractivity contribution is -0.167. The van der Waals surface area contributed by atoms with Crippen LogP contribution < -0.4 is 0 Å². The van der Waals surface area contributed by atoms with Crippen LogP contribution in [0.4, 0.5) is 0 Å². The zero-order valence-electron chi connectivity index (χ0n) is 50.4. The van der Waals surface area contributed by atoms with Gasteiger partial charge in [0, 0.05) is 19.3 Å². The molecule has 0 saturated carbocycles. The molecule has 1 atom stereocenters. The van der Waals surface area contributed by atoms with E-state index in [1.54, 1.807) is 0 Å². The lowest BCUT2D eigenvalue weighted by atomic mass is 10.0. The zero-order chi connectivity index (χ0) is 56.4. The van der Waals surface area contributed by atoms with Crippen LogP contribution in [0.2, 0.25) is 0 Å². The van der Waals surface area contributed by atoms with Gasteiger partial charge in [0.25, 0.3) is 0 Å². The number of hydrogen-bond donors (Lipinski definition) is 0. The van der Waals surface area contributed by atoms with Gasteiger partial charge in [-0.3, -0.25) is 14.4 Å². The number of rotatable bonds is 56. The van der Waals surface area contributed by atoms with E-state index in [-0.39, 0.29) is 37.5 Å². The van der Waals surface area contributed by atoms with Gasteiger partial charge in [-0.05, 0) is 135 Å². The second-order valence-corrected chi connectivity index (χ2v) is 20.5. The Kier molecular flexibility index (Phi) is 60.9. The average molecular weight is 1080 g/mol. The molecular formula is C72H116O6. The van der Waals surface area contributed by atoms with Crippen LogP contribution in [0, 0.1) is 0 Å². The molecule has 6 heteroatoms. The molecule has 1 unspecified atom stereocenters. The van der Waals surface area contributed by atoms with Crippen molar-refractivity contribution in [3.05, 3.63) is 146 Å². The molecule has 0 saturated heterocycles. The highest BCUT2D eigenvalue weighted by atomic mass is 16.6. The molecule has 0 aromatic rings. The molecule has 0 N–H and O–H groups in total. The van der Waals surface area contributed by atoms with Crippen LogP contribution in [-0.4, -0.2) is 37.2 Å². The molecule has 6 nitrogen and oxygen atoms in total. The molecule has 440 valence electrons. The molecule has 0 spiro atoms. The largest absolute Gasteiger partial charge is 0.462 e. The molecule has 0 heterocycles. The molecule has 0 radical (unpaired) electrons. The summed E-state index contributed by atoms with van der Waals surface area (Å²) < 4.78 is 16.9. The van der Waals surface area contributed by atoms with Crippen molar-refractivity contribution < 1.29 is 28.6 Å². The highest BCUT2D eigenvalue weighted by molar-refractivity contribution is 5.71. The fraction of sp³-hybridized carbons (Fsp3) is 0.625. The third kappa shape index (κ3) is 62.1. The first kappa shape index (κ1) is 73.3. The Morgan fingerprint density at radius 2 is 0.513 bits per heavy atom. The molecule has 0 aromatic carbocycles. The van der Waals surface area contributed by atoms with Crippen LogP contribution in [0.15, 0.2) is 146 Å². The van der Waals surface area contributed by atoms with Gasteiger partial charge in [0.05, 0.1) is 0 Å². The summed E-state index contributed by atoms with van der Waals surface area (Å²) >= 11 is 0. The maximum Gasteiger partial charge on any atom is 0.306 e. The van der Waals surface area contributed by atoms with E-state index in [9.17, 15) is 14.4 Å². The summed E-state index contributed by atoms with van der Waals surface area (Å²) in [4.78, 5) is 38.3. The number of carbonyl (C=O) groups is 3. The van der Waals surface area contributed by atoms with E-state index >= 15 is 0 Å². The highest BCUT2D eigenvalue weighted by Gasteiger charge is 2.19. The molecule has 0 amide bonds. The van der Waals surface area contributed by atoms with E-state index in [1.165, 1.54) is 89.9 Å². The molecule has 0 fully saturated rings. The number of esters is 3. The van der Waals surface area contributed by atoms with E-state index in [0.717, 1.165) is 135 Å². The lowest BCUT2D eigenvalue weighted by Crippen LogP contribution is -2.30. The van der Waals surface area contributed by atoms with Gasteiger partial charge in [-0.15, -0.1) is 0 Å². The van der Waals surface area contributed by atoms with Gasteiger partial charge in [-0.1, -0.05) is 263 Å². The molecular weight excluding hydrogens is 961 g/mol. The summed E-state index contributed by atoms with van der Waals surface area (Å²) in [5.74, 6) is -0.987. The van der Waals surface area contributed by atoms with Crippen molar-refractivity contribution in [2.24, 2.45) is 0 Å². The van der Waals surface area contributed by atoms with Crippen molar-refractivity contribution in [3.63, 3.8) is 0 Å². The van der Waals surface area contributed by atoms with Crippen molar-refractivity contribution in [3.8, 4) is 0 Å². The van der Waals surface area contributed by atoms with Crippen LogP contribution in [0.25, 0.3) is 0 Å². The van der Waals surface area contributed by atoms with Gasteiger partial charge in [0.15, 0.2) is 6.10 Å². The summed E-state index contributed by atoms with van der Waals surface area (Å²) in [6, 6.07) is 0. The normalized spacial score (nSPS) is 13.1. The van der Waals surface area contributed by atoms with Crippen molar-refractivity contribution in [2.75, 3.05) is 13.2 Å². The molecule has 0 aliphatic rings. The number of carbonyl (C=O) groups excluding carboxylic acids is 3. The number of allylic oxidation sites excluding steroid dienone is 24. The first-order chi connectivity index (χ1) is 38.5. The number of ether oxygens (including phenoxy) is 3. The van der Waals surface area contributed by atoms with Crippen LogP contribution in [-0.2, 0) is 28.6 Å². The highest BCUT2D eigenvalue weighted by Crippen LogP contribution is 2.15. The quantitative estimate of drug-likeness (QED) is 0.0261. The molecule has 0 bridgehead atoms. The number of unbranched alkanes of at least 4 members (excludes halogenated alkanes) is 21. The predicted octanol–water partition coefficient (Wildman–Crippen LogP) is 21.9. The minimum atomic E-state index is -0.822. The van der Waals surface area contributed by atoms with Crippen LogP contribution in [0.5, 0.6) is 0 Å². The Balaban J connectivity index is 4.43. The third-order valence-corrected chi connectivity index (χ3v) is 13.1. The van der Waals surface area contributed by atoms with Crippen molar-refractivity contribution in [2.45, 2.75) is 277 Å². The fourth-order valence-corrected chi connectivity index (χ4v) is 8.36. The first-order valence-corrected chi connectivity index (χ1v) is 31.8. The van der Waals surface area contributed by atoms with Crippen molar-refractivity contribution >= 4 is 17.9 Å².